The molecule has 0 aromatic heterocycles. The molecule has 0 aliphatic heterocycles. The van der Waals surface area contributed by atoms with Crippen LogP contribution in [0.4, 0.5) is 5.69 Å². The largest absolute Gasteiger partial charge is 0.469 e. The Morgan fingerprint density at radius 3 is 2.28 bits per heavy atom. The van der Waals surface area contributed by atoms with Gasteiger partial charge in [-0.05, 0) is 82.9 Å². The normalized spacial score (nSPS) is 20.3. The summed E-state index contributed by atoms with van der Waals surface area (Å²) in [7, 11) is -1.86. The van der Waals surface area contributed by atoms with Gasteiger partial charge in [0.05, 0.1) is 11.9 Å². The smallest absolute Gasteiger partial charge is 0.305 e. The maximum Gasteiger partial charge on any atom is 0.305 e. The van der Waals surface area contributed by atoms with Crippen molar-refractivity contribution in [3.63, 3.8) is 0 Å². The molecule has 7 heteroatoms. The number of hydrogen-bond acceptors (Lipinski definition) is 5. The molecule has 0 radical (unpaired) electrons. The second kappa shape index (κ2) is 10.4. The molecule has 0 heterocycles. The highest BCUT2D eigenvalue weighted by Gasteiger charge is 2.32. The topological polar surface area (TPSA) is 84.5 Å². The highest BCUT2D eigenvalue weighted by Crippen LogP contribution is 2.26. The molecule has 0 amide bonds. The quantitative estimate of drug-likeness (QED) is 0.588. The molecular formula is C22H36N2O4S. The summed E-state index contributed by atoms with van der Waals surface area (Å²) in [6.45, 7) is 6.10. The van der Waals surface area contributed by atoms with Crippen LogP contribution in [0.1, 0.15) is 64.9 Å². The Balaban J connectivity index is 1.70. The lowest BCUT2D eigenvalue weighted by Crippen LogP contribution is -2.46. The van der Waals surface area contributed by atoms with Crippen molar-refractivity contribution in [1.82, 2.24) is 4.72 Å². The van der Waals surface area contributed by atoms with Crippen molar-refractivity contribution in [1.29, 1.82) is 0 Å². The predicted molar refractivity (Wildman–Crippen MR) is 117 cm³/mol. The van der Waals surface area contributed by atoms with Crippen LogP contribution < -0.4 is 10.0 Å². The number of aryl methyl sites for hydroxylation is 1. The van der Waals surface area contributed by atoms with Crippen LogP contribution in [0.5, 0.6) is 0 Å². The van der Waals surface area contributed by atoms with E-state index in [4.69, 9.17) is 0 Å². The number of anilines is 1. The Hall–Kier alpha value is -1.60. The predicted octanol–water partition coefficient (Wildman–Crippen LogP) is 3.87. The molecule has 2 rings (SSSR count). The van der Waals surface area contributed by atoms with Crippen LogP contribution >= 0.6 is 0 Å². The van der Waals surface area contributed by atoms with E-state index in [1.165, 1.54) is 12.7 Å². The first kappa shape index (κ1) is 23.7. The van der Waals surface area contributed by atoms with Gasteiger partial charge in [-0.25, -0.2) is 13.1 Å². The summed E-state index contributed by atoms with van der Waals surface area (Å²) in [5.41, 5.74) is 2.31. The van der Waals surface area contributed by atoms with Gasteiger partial charge in [0, 0.05) is 24.7 Å². The third-order valence-electron chi connectivity index (χ3n) is 5.60. The third kappa shape index (κ3) is 7.63. The number of methoxy groups -OCH3 is 1. The van der Waals surface area contributed by atoms with Gasteiger partial charge in [-0.3, -0.25) is 4.79 Å². The van der Waals surface area contributed by atoms with Crippen molar-refractivity contribution in [3.05, 3.63) is 29.8 Å². The Bertz CT molecular complexity index is 746. The molecule has 1 saturated carbocycles. The van der Waals surface area contributed by atoms with Gasteiger partial charge in [0.1, 0.15) is 0 Å². The van der Waals surface area contributed by atoms with Crippen molar-refractivity contribution >= 4 is 21.7 Å². The maximum absolute atomic E-state index is 12.3. The number of carbonyl (C=O) groups excluding carboxylic acids is 1. The van der Waals surface area contributed by atoms with Gasteiger partial charge in [-0.1, -0.05) is 12.1 Å². The van der Waals surface area contributed by atoms with Crippen molar-refractivity contribution in [3.8, 4) is 0 Å². The fourth-order valence-electron chi connectivity index (χ4n) is 3.47. The van der Waals surface area contributed by atoms with Crippen molar-refractivity contribution < 1.29 is 17.9 Å². The van der Waals surface area contributed by atoms with E-state index in [-0.39, 0.29) is 12.0 Å². The van der Waals surface area contributed by atoms with Crippen molar-refractivity contribution in [2.45, 2.75) is 76.5 Å². The molecule has 0 bridgehead atoms. The number of benzene rings is 1. The van der Waals surface area contributed by atoms with Gasteiger partial charge in [0.2, 0.25) is 10.0 Å². The lowest BCUT2D eigenvalue weighted by Gasteiger charge is -2.31. The molecule has 1 aliphatic rings. The zero-order valence-electron chi connectivity index (χ0n) is 18.2. The molecule has 1 aromatic rings. The summed E-state index contributed by atoms with van der Waals surface area (Å²) >= 11 is 0. The van der Waals surface area contributed by atoms with Gasteiger partial charge < -0.3 is 10.1 Å². The standard InChI is InChI=1S/C22H36N2O4S/c1-22(2,3)29(26,27)24-20-14-10-18(11-15-20)16-23-19-12-8-17(9-13-19)6-5-7-21(25)28-4/h8-9,12-13,18,20,23-24H,5-7,10-11,14-16H2,1-4H3. The number of nitrogens with one attached hydrogen (secondary N) is 2. The zero-order chi connectivity index (χ0) is 21.5. The van der Waals surface area contributed by atoms with Crippen LogP contribution in [0, 0.1) is 5.92 Å². The second-order valence-corrected chi connectivity index (χ2v) is 11.4. The highest BCUT2D eigenvalue weighted by molar-refractivity contribution is 7.90. The SMILES string of the molecule is COC(=O)CCCc1ccc(NCC2CCC(NS(=O)(=O)C(C)(C)C)CC2)cc1. The van der Waals surface area contributed by atoms with E-state index in [0.29, 0.717) is 12.3 Å². The van der Waals surface area contributed by atoms with E-state index < -0.39 is 14.8 Å². The molecule has 0 unspecified atom stereocenters. The van der Waals surface area contributed by atoms with Gasteiger partial charge in [0.25, 0.3) is 0 Å². The van der Waals surface area contributed by atoms with Crippen LogP contribution in [0.2, 0.25) is 0 Å². The molecule has 0 atom stereocenters. The number of esters is 1. The molecule has 164 valence electrons. The van der Waals surface area contributed by atoms with Gasteiger partial charge in [-0.15, -0.1) is 0 Å². The molecular weight excluding hydrogens is 388 g/mol. The van der Waals surface area contributed by atoms with Crippen LogP contribution in [0.15, 0.2) is 24.3 Å². The second-order valence-electron chi connectivity index (χ2n) is 8.96. The molecule has 1 aromatic carbocycles. The molecule has 0 spiro atoms. The summed E-state index contributed by atoms with van der Waals surface area (Å²) in [6.07, 6.45) is 5.93. The van der Waals surface area contributed by atoms with Crippen LogP contribution in [-0.2, 0) is 26.0 Å². The molecule has 0 saturated heterocycles. The Labute approximate surface area is 175 Å². The Morgan fingerprint density at radius 1 is 1.10 bits per heavy atom. The zero-order valence-corrected chi connectivity index (χ0v) is 19.0. The average Bonchev–Trinajstić information content (AvgIpc) is 2.67. The molecule has 1 aliphatic carbocycles. The summed E-state index contributed by atoms with van der Waals surface area (Å²) in [5.74, 6) is 0.398. The first-order chi connectivity index (χ1) is 13.6. The molecule has 2 N–H and O–H groups in total. The Kier molecular flexibility index (Phi) is 8.52. The summed E-state index contributed by atoms with van der Waals surface area (Å²) in [4.78, 5) is 11.2. The van der Waals surface area contributed by atoms with Gasteiger partial charge >= 0.3 is 5.97 Å². The summed E-state index contributed by atoms with van der Waals surface area (Å²) in [6, 6.07) is 8.41. The number of ether oxygens (including phenoxy) is 1. The van der Waals surface area contributed by atoms with Crippen LogP contribution in [-0.4, -0.2) is 38.8 Å². The molecule has 29 heavy (non-hydrogen) atoms. The minimum Gasteiger partial charge on any atom is -0.469 e. The molecule has 1 fully saturated rings. The van der Waals surface area contributed by atoms with E-state index in [1.807, 2.05) is 0 Å². The number of hydrogen-bond donors (Lipinski definition) is 2. The third-order valence-corrected chi connectivity index (χ3v) is 7.85. The maximum atomic E-state index is 12.3. The van der Waals surface area contributed by atoms with E-state index in [1.54, 1.807) is 20.8 Å². The fraction of sp³-hybridized carbons (Fsp3) is 0.682. The van der Waals surface area contributed by atoms with Crippen molar-refractivity contribution in [2.75, 3.05) is 19.0 Å². The lowest BCUT2D eigenvalue weighted by molar-refractivity contribution is -0.140. The van der Waals surface area contributed by atoms with E-state index in [9.17, 15) is 13.2 Å². The molecule has 6 nitrogen and oxygen atoms in total. The minimum atomic E-state index is -3.28. The average molecular weight is 425 g/mol. The van der Waals surface area contributed by atoms with E-state index in [0.717, 1.165) is 50.8 Å². The number of sulfonamides is 1. The first-order valence-corrected chi connectivity index (χ1v) is 12.0. The van der Waals surface area contributed by atoms with Crippen molar-refractivity contribution in [2.24, 2.45) is 5.92 Å². The summed E-state index contributed by atoms with van der Waals surface area (Å²) < 4.78 is 31.4. The lowest BCUT2D eigenvalue weighted by atomic mass is 9.86. The van der Waals surface area contributed by atoms with Crippen LogP contribution in [0.25, 0.3) is 0 Å². The fourth-order valence-corrected chi connectivity index (χ4v) is 4.50. The first-order valence-electron chi connectivity index (χ1n) is 10.5. The summed E-state index contributed by atoms with van der Waals surface area (Å²) in [5, 5.41) is 3.50. The van der Waals surface area contributed by atoms with E-state index in [2.05, 4.69) is 39.0 Å². The number of rotatable bonds is 9. The minimum absolute atomic E-state index is 0.0553. The highest BCUT2D eigenvalue weighted by atomic mass is 32.2. The monoisotopic (exact) mass is 424 g/mol. The van der Waals surface area contributed by atoms with Gasteiger partial charge in [-0.2, -0.15) is 0 Å². The Morgan fingerprint density at radius 2 is 1.72 bits per heavy atom. The van der Waals surface area contributed by atoms with Gasteiger partial charge in [0.15, 0.2) is 0 Å². The number of carbonyl (C=O) groups is 1. The van der Waals surface area contributed by atoms with Crippen LogP contribution in [0.3, 0.4) is 0 Å². The van der Waals surface area contributed by atoms with E-state index >= 15 is 0 Å².